The molecule has 1 spiro atoms. The maximum absolute atomic E-state index is 16.7. The average molecular weight is 921 g/mol. The molecule has 67 heavy (non-hydrogen) atoms. The second kappa shape index (κ2) is 16.7. The van der Waals surface area contributed by atoms with Crippen LogP contribution in [0.2, 0.25) is 0 Å². The fraction of sp³-hybridized carbons (Fsp3) is 0.469. The Morgan fingerprint density at radius 2 is 1.40 bits per heavy atom. The molecule has 3 aromatic carbocycles. The lowest BCUT2D eigenvalue weighted by Gasteiger charge is -2.37. The maximum Gasteiger partial charge on any atom is 0.407 e. The molecule has 4 amide bonds. The first-order valence-electron chi connectivity index (χ1n) is 22.9. The second-order valence-electron chi connectivity index (χ2n) is 19.1. The number of methoxy groups -OCH3 is 2. The van der Waals surface area contributed by atoms with Gasteiger partial charge in [0, 0.05) is 29.2 Å². The molecule has 352 valence electrons. The summed E-state index contributed by atoms with van der Waals surface area (Å²) in [6.45, 7) is 8.26. The number of amides is 4. The lowest BCUT2D eigenvalue weighted by atomic mass is 9.95. The van der Waals surface area contributed by atoms with Crippen LogP contribution in [0.4, 0.5) is 18.4 Å². The zero-order valence-electron chi connectivity index (χ0n) is 38.2. The van der Waals surface area contributed by atoms with Crippen LogP contribution in [0.3, 0.4) is 0 Å². The van der Waals surface area contributed by atoms with Crippen molar-refractivity contribution in [3.8, 4) is 33.5 Å². The number of rotatable bonds is 10. The molecule has 6 atom stereocenters. The number of likely N-dealkylation sites (tertiary alicyclic amines) is 2. The number of ether oxygens (including phenoxy) is 4. The summed E-state index contributed by atoms with van der Waals surface area (Å²) in [6.07, 6.45) is 3.15. The molecule has 3 aliphatic heterocycles. The van der Waals surface area contributed by atoms with Crippen LogP contribution in [-0.2, 0) is 34.5 Å². The third-order valence-corrected chi connectivity index (χ3v) is 14.4. The Kier molecular flexibility index (Phi) is 11.1. The van der Waals surface area contributed by atoms with Crippen molar-refractivity contribution in [1.82, 2.24) is 40.4 Å². The Balaban J connectivity index is 0.902. The quantitative estimate of drug-likeness (QED) is 0.109. The SMILES string of the molecule is COC(=O)NC(C(=O)N1CC2(C[C@H]1c1ncc(-c3ccc4c(c3)C(F)(F)c3cc(-c5ccc6nc(C7[C@H]8CC[C@H](C8)N7C(=O)[C@@H](NC(=O)OC)C(C)C)[nH]c6c5)ccc3-4)[nH]1)OCCO2)C(C)C. The fourth-order valence-corrected chi connectivity index (χ4v) is 11.0. The fourth-order valence-electron chi connectivity index (χ4n) is 11.0. The van der Waals surface area contributed by atoms with Gasteiger partial charge in [0.25, 0.3) is 5.92 Å². The zero-order valence-corrected chi connectivity index (χ0v) is 38.2. The summed E-state index contributed by atoms with van der Waals surface area (Å²) in [4.78, 5) is 72.4. The third-order valence-electron chi connectivity index (χ3n) is 14.4. The molecule has 10 rings (SSSR count). The molecule has 5 aromatic rings. The molecular weight excluding hydrogens is 867 g/mol. The van der Waals surface area contributed by atoms with E-state index in [-0.39, 0.29) is 65.7 Å². The molecule has 2 aliphatic carbocycles. The normalized spacial score (nSPS) is 23.0. The van der Waals surface area contributed by atoms with Gasteiger partial charge in [-0.15, -0.1) is 0 Å². The van der Waals surface area contributed by atoms with Crippen molar-refractivity contribution in [2.75, 3.05) is 34.0 Å². The van der Waals surface area contributed by atoms with Crippen molar-refractivity contribution >= 4 is 35.0 Å². The average Bonchev–Trinajstić information content (AvgIpc) is 4.20. The van der Waals surface area contributed by atoms with Gasteiger partial charge in [0.1, 0.15) is 23.7 Å². The van der Waals surface area contributed by atoms with E-state index in [0.717, 1.165) is 30.3 Å². The molecular formula is C49H54F2N8O8. The van der Waals surface area contributed by atoms with Gasteiger partial charge in [-0.1, -0.05) is 58.0 Å². The number of piperidine rings is 1. The first kappa shape index (κ1) is 44.4. The number of benzene rings is 3. The highest BCUT2D eigenvalue weighted by atomic mass is 19.3. The van der Waals surface area contributed by atoms with Crippen molar-refractivity contribution in [2.45, 2.75) is 95.3 Å². The van der Waals surface area contributed by atoms with E-state index in [4.69, 9.17) is 23.9 Å². The van der Waals surface area contributed by atoms with E-state index in [2.05, 4.69) is 25.6 Å². The Hall–Kier alpha value is -6.40. The lowest BCUT2D eigenvalue weighted by molar-refractivity contribution is -0.153. The number of H-pyrrole nitrogens is 2. The number of carbonyl (C=O) groups excluding carboxylic acids is 4. The van der Waals surface area contributed by atoms with Crippen molar-refractivity contribution in [1.29, 1.82) is 0 Å². The van der Waals surface area contributed by atoms with Crippen LogP contribution in [0, 0.1) is 17.8 Å². The maximum atomic E-state index is 16.7. The first-order valence-corrected chi connectivity index (χ1v) is 22.9. The second-order valence-corrected chi connectivity index (χ2v) is 19.1. The predicted molar refractivity (Wildman–Crippen MR) is 240 cm³/mol. The Morgan fingerprint density at radius 1 is 0.791 bits per heavy atom. The Bertz CT molecular complexity index is 2780. The minimum Gasteiger partial charge on any atom is -0.453 e. The highest BCUT2D eigenvalue weighted by molar-refractivity contribution is 5.89. The summed E-state index contributed by atoms with van der Waals surface area (Å²) in [7, 11) is 2.51. The molecule has 3 saturated heterocycles. The highest BCUT2D eigenvalue weighted by Gasteiger charge is 2.54. The molecule has 4 fully saturated rings. The number of fused-ring (bicyclic) bond motifs is 6. The van der Waals surface area contributed by atoms with Gasteiger partial charge in [-0.2, -0.15) is 8.78 Å². The number of alkyl halides is 2. The molecule has 2 unspecified atom stereocenters. The van der Waals surface area contributed by atoms with Gasteiger partial charge in [0.2, 0.25) is 11.8 Å². The summed E-state index contributed by atoms with van der Waals surface area (Å²) in [6, 6.07) is 13.2. The van der Waals surface area contributed by atoms with E-state index < -0.39 is 42.0 Å². The van der Waals surface area contributed by atoms with E-state index in [0.29, 0.717) is 58.3 Å². The number of carbonyl (C=O) groups is 4. The minimum atomic E-state index is -3.32. The van der Waals surface area contributed by atoms with Crippen molar-refractivity contribution < 1.29 is 46.9 Å². The van der Waals surface area contributed by atoms with Crippen LogP contribution in [0.5, 0.6) is 0 Å². The van der Waals surface area contributed by atoms with E-state index >= 15 is 8.78 Å². The predicted octanol–water partition coefficient (Wildman–Crippen LogP) is 7.57. The summed E-state index contributed by atoms with van der Waals surface area (Å²) in [5.41, 5.74) is 4.36. The van der Waals surface area contributed by atoms with Crippen LogP contribution >= 0.6 is 0 Å². The summed E-state index contributed by atoms with van der Waals surface area (Å²) < 4.78 is 55.1. The van der Waals surface area contributed by atoms with Crippen molar-refractivity contribution in [3.63, 3.8) is 0 Å². The minimum absolute atomic E-state index is 0.0366. The van der Waals surface area contributed by atoms with Crippen LogP contribution in [0.1, 0.15) is 88.2 Å². The zero-order chi connectivity index (χ0) is 47.1. The third kappa shape index (κ3) is 7.57. The van der Waals surface area contributed by atoms with Gasteiger partial charge in [0.15, 0.2) is 5.79 Å². The molecule has 1 saturated carbocycles. The number of aromatic amines is 2. The van der Waals surface area contributed by atoms with E-state index in [9.17, 15) is 19.2 Å². The Morgan fingerprint density at radius 3 is 2.06 bits per heavy atom. The summed E-state index contributed by atoms with van der Waals surface area (Å²) in [5, 5.41) is 5.38. The van der Waals surface area contributed by atoms with Crippen LogP contribution in [-0.4, -0.2) is 112 Å². The molecule has 2 bridgehead atoms. The largest absolute Gasteiger partial charge is 0.453 e. The number of nitrogens with one attached hydrogen (secondary N) is 4. The topological polar surface area (TPSA) is 193 Å². The monoisotopic (exact) mass is 920 g/mol. The molecule has 16 nitrogen and oxygen atoms in total. The van der Waals surface area contributed by atoms with Gasteiger partial charge in [-0.25, -0.2) is 19.6 Å². The van der Waals surface area contributed by atoms with Crippen molar-refractivity contribution in [2.24, 2.45) is 17.8 Å². The smallest absolute Gasteiger partial charge is 0.407 e. The number of hydrogen-bond acceptors (Lipinski definition) is 10. The van der Waals surface area contributed by atoms with Gasteiger partial charge in [0.05, 0.1) is 69.0 Å². The number of halogens is 2. The first-order chi connectivity index (χ1) is 32.1. The number of nitrogens with zero attached hydrogens (tertiary/aromatic N) is 4. The van der Waals surface area contributed by atoms with E-state index in [1.165, 1.54) is 20.3 Å². The molecule has 5 aliphatic rings. The number of imidazole rings is 2. The Labute approximate surface area is 385 Å². The summed E-state index contributed by atoms with van der Waals surface area (Å²) >= 11 is 0. The van der Waals surface area contributed by atoms with Gasteiger partial charge < -0.3 is 49.3 Å². The lowest BCUT2D eigenvalue weighted by Crippen LogP contribution is -2.54. The van der Waals surface area contributed by atoms with E-state index in [1.54, 1.807) is 35.4 Å². The van der Waals surface area contributed by atoms with Crippen LogP contribution in [0.25, 0.3) is 44.5 Å². The van der Waals surface area contributed by atoms with Gasteiger partial charge >= 0.3 is 12.2 Å². The summed E-state index contributed by atoms with van der Waals surface area (Å²) in [5.74, 6) is -4.04. The number of hydrogen-bond donors (Lipinski definition) is 4. The highest BCUT2D eigenvalue weighted by Crippen LogP contribution is 2.54. The van der Waals surface area contributed by atoms with Crippen LogP contribution < -0.4 is 10.6 Å². The molecule has 4 N–H and O–H groups in total. The van der Waals surface area contributed by atoms with Crippen molar-refractivity contribution in [3.05, 3.63) is 83.6 Å². The van der Waals surface area contributed by atoms with E-state index in [1.807, 2.05) is 56.9 Å². The number of alkyl carbamates (subject to hydrolysis) is 2. The van der Waals surface area contributed by atoms with Crippen LogP contribution in [0.15, 0.2) is 60.8 Å². The molecule has 5 heterocycles. The standard InChI is InChI=1S/C49H54F2N8O8/c1-24(2)39(56-46(62)64-5)44(60)58-23-48(66-15-16-67-48)21-38(58)42-52-22-37(55-42)28-9-13-32-31-12-8-26(18-33(31)49(50,51)34(32)19-28)27-10-14-35-36(20-27)54-43(53-35)41-29-7-11-30(17-29)59(41)45(61)40(25(3)4)57-47(63)65-6/h8-10,12-14,18-20,22,24-25,29-30,38-41H,7,11,15-17,21,23H2,1-6H3,(H,52,55)(H,53,54)(H,56,62)(H,57,63)/t29-,30+,38-,39?,40-,41?/m0/s1. The van der Waals surface area contributed by atoms with Gasteiger partial charge in [-0.3, -0.25) is 9.59 Å². The van der Waals surface area contributed by atoms with Gasteiger partial charge in [-0.05, 0) is 83.5 Å². The molecule has 2 aromatic heterocycles. The molecule has 18 heteroatoms. The molecule has 0 radical (unpaired) electrons. The number of aromatic nitrogens is 4.